The number of hydrogen-bond acceptors (Lipinski definition) is 3. The minimum atomic E-state index is -0.330. The van der Waals surface area contributed by atoms with Crippen LogP contribution < -0.4 is 5.32 Å². The third kappa shape index (κ3) is 5.02. The lowest BCUT2D eigenvalue weighted by Crippen LogP contribution is -2.30. The molecule has 0 spiro atoms. The minimum Gasteiger partial charge on any atom is -0.508 e. The summed E-state index contributed by atoms with van der Waals surface area (Å²) in [4.78, 5) is 0. The molecule has 0 aromatic heterocycles. The molecular formula is C14H22FNO2. The number of benzene rings is 1. The largest absolute Gasteiger partial charge is 0.508 e. The summed E-state index contributed by atoms with van der Waals surface area (Å²) in [7, 11) is 1.69. The molecule has 0 fully saturated rings. The molecule has 0 aliphatic rings. The molecule has 0 aliphatic heterocycles. The molecule has 1 aromatic rings. The fourth-order valence-corrected chi connectivity index (χ4v) is 1.70. The molecule has 0 aliphatic carbocycles. The maximum atomic E-state index is 13.0. The van der Waals surface area contributed by atoms with Gasteiger partial charge < -0.3 is 15.2 Å². The van der Waals surface area contributed by atoms with Crippen LogP contribution in [-0.2, 0) is 11.3 Å². The van der Waals surface area contributed by atoms with Gasteiger partial charge >= 0.3 is 0 Å². The van der Waals surface area contributed by atoms with E-state index in [9.17, 15) is 9.50 Å². The van der Waals surface area contributed by atoms with Gasteiger partial charge in [-0.3, -0.25) is 0 Å². The van der Waals surface area contributed by atoms with Crippen LogP contribution in [0.3, 0.4) is 0 Å². The molecule has 4 heteroatoms. The van der Waals surface area contributed by atoms with Gasteiger partial charge in [0.15, 0.2) is 0 Å². The maximum absolute atomic E-state index is 13.0. The Morgan fingerprint density at radius 2 is 2.11 bits per heavy atom. The van der Waals surface area contributed by atoms with Crippen LogP contribution in [0.5, 0.6) is 5.75 Å². The summed E-state index contributed by atoms with van der Waals surface area (Å²) in [5, 5.41) is 12.8. The van der Waals surface area contributed by atoms with E-state index < -0.39 is 0 Å². The Bertz CT molecular complexity index is 380. The maximum Gasteiger partial charge on any atom is 0.123 e. The highest BCUT2D eigenvalue weighted by Gasteiger charge is 2.17. The van der Waals surface area contributed by atoms with Gasteiger partial charge in [0.1, 0.15) is 11.6 Å². The fourth-order valence-electron chi connectivity index (χ4n) is 1.70. The summed E-state index contributed by atoms with van der Waals surface area (Å²) in [5.41, 5.74) is 0.691. The van der Waals surface area contributed by atoms with Crippen molar-refractivity contribution in [3.05, 3.63) is 29.6 Å². The summed E-state index contributed by atoms with van der Waals surface area (Å²) in [5.74, 6) is -0.207. The van der Waals surface area contributed by atoms with Crippen LogP contribution in [0.1, 0.15) is 25.8 Å². The van der Waals surface area contributed by atoms with Crippen molar-refractivity contribution < 1.29 is 14.2 Å². The van der Waals surface area contributed by atoms with Crippen LogP contribution in [0.25, 0.3) is 0 Å². The van der Waals surface area contributed by atoms with Gasteiger partial charge in [-0.05, 0) is 30.0 Å². The second-order valence-electron chi connectivity index (χ2n) is 5.28. The first-order chi connectivity index (χ1) is 8.44. The van der Waals surface area contributed by atoms with E-state index in [2.05, 4.69) is 19.2 Å². The molecular weight excluding hydrogens is 233 g/mol. The summed E-state index contributed by atoms with van der Waals surface area (Å²) < 4.78 is 18.1. The number of halogens is 1. The third-order valence-corrected chi connectivity index (χ3v) is 2.94. The van der Waals surface area contributed by atoms with E-state index >= 15 is 0 Å². The van der Waals surface area contributed by atoms with E-state index in [-0.39, 0.29) is 17.0 Å². The number of nitrogens with one attached hydrogen (secondary N) is 1. The van der Waals surface area contributed by atoms with Gasteiger partial charge in [-0.2, -0.15) is 0 Å². The number of ether oxygens (including phenoxy) is 1. The Morgan fingerprint density at radius 1 is 1.39 bits per heavy atom. The monoisotopic (exact) mass is 255 g/mol. The second-order valence-corrected chi connectivity index (χ2v) is 5.28. The molecule has 1 aromatic carbocycles. The average molecular weight is 255 g/mol. The smallest absolute Gasteiger partial charge is 0.123 e. The number of hydrogen-bond donors (Lipinski definition) is 2. The predicted octanol–water partition coefficient (Wildman–Crippen LogP) is 2.68. The van der Waals surface area contributed by atoms with Gasteiger partial charge in [0.05, 0.1) is 0 Å². The first kappa shape index (κ1) is 14.9. The van der Waals surface area contributed by atoms with E-state index in [1.165, 1.54) is 18.2 Å². The topological polar surface area (TPSA) is 41.5 Å². The van der Waals surface area contributed by atoms with Crippen LogP contribution in [0, 0.1) is 11.2 Å². The van der Waals surface area contributed by atoms with Crippen molar-refractivity contribution >= 4 is 0 Å². The third-order valence-electron chi connectivity index (χ3n) is 2.94. The van der Waals surface area contributed by atoms with Crippen molar-refractivity contribution in [1.29, 1.82) is 0 Å². The molecule has 0 unspecified atom stereocenters. The summed E-state index contributed by atoms with van der Waals surface area (Å²) >= 11 is 0. The Balaban J connectivity index is 2.43. The zero-order valence-electron chi connectivity index (χ0n) is 11.3. The second kappa shape index (κ2) is 6.71. The van der Waals surface area contributed by atoms with Gasteiger partial charge in [-0.25, -0.2) is 4.39 Å². The molecule has 3 nitrogen and oxygen atoms in total. The number of phenols is 1. The molecule has 0 heterocycles. The lowest BCUT2D eigenvalue weighted by molar-refractivity contribution is 0.150. The summed E-state index contributed by atoms with van der Waals surface area (Å²) in [6.45, 7) is 6.25. The van der Waals surface area contributed by atoms with E-state index in [0.29, 0.717) is 12.1 Å². The predicted molar refractivity (Wildman–Crippen MR) is 70.0 cm³/mol. The van der Waals surface area contributed by atoms with Crippen molar-refractivity contribution in [2.45, 2.75) is 26.8 Å². The number of aromatic hydroxyl groups is 1. The Hall–Kier alpha value is -1.13. The van der Waals surface area contributed by atoms with E-state index in [1.54, 1.807) is 7.11 Å². The molecule has 0 bridgehead atoms. The Labute approximate surface area is 108 Å². The standard InChI is InChI=1S/C14H22FNO2/c1-14(2,6-7-18-3)10-16-9-11-8-12(15)4-5-13(11)17/h4-5,8,16-17H,6-7,9-10H2,1-3H3. The molecule has 1 rings (SSSR count). The van der Waals surface area contributed by atoms with Gasteiger partial charge in [0.2, 0.25) is 0 Å². The average Bonchev–Trinajstić information content (AvgIpc) is 2.31. The van der Waals surface area contributed by atoms with Crippen molar-refractivity contribution in [1.82, 2.24) is 5.32 Å². The van der Waals surface area contributed by atoms with Crippen molar-refractivity contribution in [3.63, 3.8) is 0 Å². The van der Waals surface area contributed by atoms with Crippen LogP contribution in [0.4, 0.5) is 4.39 Å². The quantitative estimate of drug-likeness (QED) is 0.787. The molecule has 0 amide bonds. The molecule has 18 heavy (non-hydrogen) atoms. The zero-order chi connectivity index (χ0) is 13.6. The Morgan fingerprint density at radius 3 is 2.78 bits per heavy atom. The lowest BCUT2D eigenvalue weighted by atomic mass is 9.89. The first-order valence-electron chi connectivity index (χ1n) is 6.12. The lowest BCUT2D eigenvalue weighted by Gasteiger charge is -2.24. The summed E-state index contributed by atoms with van der Waals surface area (Å²) in [6.07, 6.45) is 0.950. The van der Waals surface area contributed by atoms with Crippen LogP contribution in [0.15, 0.2) is 18.2 Å². The van der Waals surface area contributed by atoms with Gasteiger partial charge in [-0.15, -0.1) is 0 Å². The molecule has 0 atom stereocenters. The van der Waals surface area contributed by atoms with Crippen LogP contribution in [0.2, 0.25) is 0 Å². The highest BCUT2D eigenvalue weighted by Crippen LogP contribution is 2.21. The van der Waals surface area contributed by atoms with E-state index in [0.717, 1.165) is 19.6 Å². The van der Waals surface area contributed by atoms with Gasteiger partial charge in [0, 0.05) is 32.4 Å². The SMILES string of the molecule is COCCC(C)(C)CNCc1cc(F)ccc1O. The normalized spacial score (nSPS) is 11.8. The van der Waals surface area contributed by atoms with E-state index in [4.69, 9.17) is 4.74 Å². The van der Waals surface area contributed by atoms with Gasteiger partial charge in [0.25, 0.3) is 0 Å². The summed E-state index contributed by atoms with van der Waals surface area (Å²) in [6, 6.07) is 3.98. The van der Waals surface area contributed by atoms with Crippen molar-refractivity contribution in [2.24, 2.45) is 5.41 Å². The number of phenolic OH excluding ortho intramolecular Hbond substituents is 1. The molecule has 2 N–H and O–H groups in total. The van der Waals surface area contributed by atoms with Crippen molar-refractivity contribution in [3.8, 4) is 5.75 Å². The zero-order valence-corrected chi connectivity index (χ0v) is 11.3. The van der Waals surface area contributed by atoms with Gasteiger partial charge in [-0.1, -0.05) is 13.8 Å². The molecule has 0 radical (unpaired) electrons. The van der Waals surface area contributed by atoms with Crippen LogP contribution >= 0.6 is 0 Å². The highest BCUT2D eigenvalue weighted by atomic mass is 19.1. The van der Waals surface area contributed by atoms with E-state index in [1.807, 2.05) is 0 Å². The van der Waals surface area contributed by atoms with Crippen molar-refractivity contribution in [2.75, 3.05) is 20.3 Å². The minimum absolute atomic E-state index is 0.110. The fraction of sp³-hybridized carbons (Fsp3) is 0.571. The molecule has 0 saturated carbocycles. The number of rotatable bonds is 7. The first-order valence-corrected chi connectivity index (χ1v) is 6.12. The number of methoxy groups -OCH3 is 1. The molecule has 102 valence electrons. The Kier molecular flexibility index (Phi) is 5.56. The molecule has 0 saturated heterocycles. The highest BCUT2D eigenvalue weighted by molar-refractivity contribution is 5.32. The van der Waals surface area contributed by atoms with Crippen LogP contribution in [-0.4, -0.2) is 25.4 Å².